The fourth-order valence-electron chi connectivity index (χ4n) is 0.340. The van der Waals surface area contributed by atoms with Crippen molar-refractivity contribution in [3.63, 3.8) is 0 Å². The van der Waals surface area contributed by atoms with Crippen LogP contribution in [-0.4, -0.2) is 51.5 Å². The first kappa shape index (κ1) is 11.2. The molecule has 0 fully saturated rings. The molecule has 0 spiro atoms. The van der Waals surface area contributed by atoms with Crippen LogP contribution in [-0.2, 0) is 13.0 Å². The lowest BCUT2D eigenvalue weighted by atomic mass is 11.8. The van der Waals surface area contributed by atoms with E-state index in [9.17, 15) is 0 Å². The molecular weight excluding hydrogens is 192 g/mol. The molecule has 11 heavy (non-hydrogen) atoms. The molecule has 0 bridgehead atoms. The average molecular weight is 202 g/mol. The van der Waals surface area contributed by atoms with Gasteiger partial charge in [-0.1, -0.05) is 0 Å². The molecule has 4 N–H and O–H groups in total. The second-order valence-corrected chi connectivity index (χ2v) is 5.44. The number of hydrogen-bond acceptors (Lipinski definition) is 7. The second-order valence-electron chi connectivity index (χ2n) is 1.61. The third kappa shape index (κ3) is 4.57. The summed E-state index contributed by atoms with van der Waals surface area (Å²) in [5.41, 5.74) is 0. The third-order valence-electron chi connectivity index (χ3n) is 0.782. The zero-order valence-corrected chi connectivity index (χ0v) is 8.01. The van der Waals surface area contributed by atoms with E-state index >= 15 is 0 Å². The highest BCUT2D eigenvalue weighted by molar-refractivity contribution is 6.65. The van der Waals surface area contributed by atoms with Gasteiger partial charge < -0.3 is 32.1 Å². The summed E-state index contributed by atoms with van der Waals surface area (Å²) in [4.78, 5) is 34.1. The van der Waals surface area contributed by atoms with Gasteiger partial charge in [-0.25, -0.2) is 0 Å². The van der Waals surface area contributed by atoms with E-state index in [1.54, 1.807) is 0 Å². The van der Waals surface area contributed by atoms with Crippen LogP contribution in [0.3, 0.4) is 0 Å². The summed E-state index contributed by atoms with van der Waals surface area (Å²) in [6.07, 6.45) is 0. The summed E-state index contributed by atoms with van der Waals surface area (Å²) in [5.74, 6) is 0. The van der Waals surface area contributed by atoms with Gasteiger partial charge in [-0.3, -0.25) is 0 Å². The van der Waals surface area contributed by atoms with Crippen molar-refractivity contribution in [1.82, 2.24) is 0 Å². The van der Waals surface area contributed by atoms with Gasteiger partial charge in [-0.15, -0.1) is 0 Å². The van der Waals surface area contributed by atoms with Crippen LogP contribution in [0.1, 0.15) is 0 Å². The highest BCUT2D eigenvalue weighted by Crippen LogP contribution is 2.05. The van der Waals surface area contributed by atoms with Gasteiger partial charge in [0, 0.05) is 14.2 Å². The zero-order valence-electron chi connectivity index (χ0n) is 6.01. The Balaban J connectivity index is 4.08. The maximum atomic E-state index is 8.99. The molecular formula is C2H10O7Si2. The first-order valence-corrected chi connectivity index (χ1v) is 5.95. The fraction of sp³-hybridized carbons (Fsp3) is 1.00. The predicted molar refractivity (Wildman–Crippen MR) is 35.5 cm³/mol. The van der Waals surface area contributed by atoms with E-state index in [0.717, 1.165) is 14.2 Å². The largest absolute Gasteiger partial charge is 0.670 e. The topological polar surface area (TPSA) is 109 Å². The minimum Gasteiger partial charge on any atom is -0.368 e. The van der Waals surface area contributed by atoms with Crippen LogP contribution < -0.4 is 0 Å². The minimum absolute atomic E-state index is 1.05. The Morgan fingerprint density at radius 1 is 0.909 bits per heavy atom. The average Bonchev–Trinajstić information content (AvgIpc) is 1.84. The zero-order chi connectivity index (χ0) is 9.12. The summed E-state index contributed by atoms with van der Waals surface area (Å²) >= 11 is 0. The van der Waals surface area contributed by atoms with Crippen LogP contribution in [0.25, 0.3) is 0 Å². The molecule has 0 saturated heterocycles. The van der Waals surface area contributed by atoms with Gasteiger partial charge in [0.1, 0.15) is 0 Å². The molecule has 0 amide bonds. The van der Waals surface area contributed by atoms with Crippen molar-refractivity contribution >= 4 is 18.1 Å². The van der Waals surface area contributed by atoms with E-state index in [2.05, 4.69) is 13.0 Å². The lowest BCUT2D eigenvalue weighted by Gasteiger charge is -2.21. The molecule has 0 aliphatic heterocycles. The SMILES string of the molecule is CO[Si](O)(OC)O[Si](O)(O)O. The molecule has 0 aromatic heterocycles. The Morgan fingerprint density at radius 3 is 1.36 bits per heavy atom. The van der Waals surface area contributed by atoms with Crippen molar-refractivity contribution in [3.05, 3.63) is 0 Å². The molecule has 68 valence electrons. The molecule has 0 unspecified atom stereocenters. The smallest absolute Gasteiger partial charge is 0.368 e. The van der Waals surface area contributed by atoms with Gasteiger partial charge in [0.05, 0.1) is 0 Å². The van der Waals surface area contributed by atoms with Crippen LogP contribution in [0.4, 0.5) is 0 Å². The molecule has 0 heterocycles. The highest BCUT2D eigenvalue weighted by Gasteiger charge is 2.50. The lowest BCUT2D eigenvalue weighted by Crippen LogP contribution is -2.55. The van der Waals surface area contributed by atoms with Crippen molar-refractivity contribution in [1.29, 1.82) is 0 Å². The summed E-state index contributed by atoms with van der Waals surface area (Å²) in [6, 6.07) is 0. The molecule has 0 saturated carbocycles. The normalized spacial score (nSPS) is 13.6. The first-order chi connectivity index (χ1) is 4.83. The van der Waals surface area contributed by atoms with E-state index in [-0.39, 0.29) is 0 Å². The second kappa shape index (κ2) is 3.70. The maximum Gasteiger partial charge on any atom is 0.670 e. The van der Waals surface area contributed by atoms with Crippen molar-refractivity contribution in [3.8, 4) is 0 Å². The number of hydrogen-bond donors (Lipinski definition) is 4. The molecule has 0 aliphatic carbocycles. The Labute approximate surface area is 65.4 Å². The molecule has 0 atom stereocenters. The molecule has 0 rings (SSSR count). The summed E-state index contributed by atoms with van der Waals surface area (Å²) in [5, 5.41) is 0. The molecule has 0 aliphatic rings. The van der Waals surface area contributed by atoms with Gasteiger partial charge in [-0.2, -0.15) is 0 Å². The van der Waals surface area contributed by atoms with Gasteiger partial charge in [0.2, 0.25) is 0 Å². The quantitative estimate of drug-likeness (QED) is 0.363. The molecule has 0 aromatic rings. The van der Waals surface area contributed by atoms with Crippen molar-refractivity contribution in [2.24, 2.45) is 0 Å². The number of rotatable bonds is 4. The molecule has 7 nitrogen and oxygen atoms in total. The van der Waals surface area contributed by atoms with E-state index in [4.69, 9.17) is 19.2 Å². The van der Waals surface area contributed by atoms with Crippen LogP contribution in [0, 0.1) is 0 Å². The molecule has 0 aromatic carbocycles. The van der Waals surface area contributed by atoms with Gasteiger partial charge in [0.25, 0.3) is 0 Å². The monoisotopic (exact) mass is 202 g/mol. The fourth-order valence-corrected chi connectivity index (χ4v) is 2.56. The van der Waals surface area contributed by atoms with E-state index in [1.165, 1.54) is 0 Å². The van der Waals surface area contributed by atoms with Crippen LogP contribution >= 0.6 is 0 Å². The molecule has 9 heteroatoms. The summed E-state index contributed by atoms with van der Waals surface area (Å²) in [7, 11) is -6.69. The van der Waals surface area contributed by atoms with Gasteiger partial charge in [-0.05, 0) is 0 Å². The van der Waals surface area contributed by atoms with E-state index < -0.39 is 18.1 Å². The Morgan fingerprint density at radius 2 is 1.27 bits per heavy atom. The standard InChI is InChI=1S/C2H10O7Si2/c1-7-11(6,8-2)9-10(3,4)5/h3-6H,1-2H3. The first-order valence-electron chi connectivity index (χ1n) is 2.53. The molecule has 0 radical (unpaired) electrons. The lowest BCUT2D eigenvalue weighted by molar-refractivity contribution is 0.0134. The Bertz CT molecular complexity index is 116. The third-order valence-corrected chi connectivity index (χ3v) is 3.94. The van der Waals surface area contributed by atoms with Gasteiger partial charge >= 0.3 is 18.1 Å². The Hall–Kier alpha value is 0.154. The van der Waals surface area contributed by atoms with E-state index in [0.29, 0.717) is 0 Å². The van der Waals surface area contributed by atoms with Crippen molar-refractivity contribution < 1.29 is 32.1 Å². The highest BCUT2D eigenvalue weighted by atomic mass is 28.5. The summed E-state index contributed by atoms with van der Waals surface area (Å²) in [6.45, 7) is 0. The maximum absolute atomic E-state index is 8.99. The Kier molecular flexibility index (Phi) is 3.76. The van der Waals surface area contributed by atoms with Gasteiger partial charge in [0.15, 0.2) is 0 Å². The van der Waals surface area contributed by atoms with Crippen molar-refractivity contribution in [2.75, 3.05) is 14.2 Å². The van der Waals surface area contributed by atoms with Crippen LogP contribution in [0.15, 0.2) is 0 Å². The van der Waals surface area contributed by atoms with Crippen LogP contribution in [0.5, 0.6) is 0 Å². The predicted octanol–water partition coefficient (Wildman–Crippen LogP) is -2.86. The summed E-state index contributed by atoms with van der Waals surface area (Å²) < 4.78 is 12.5. The van der Waals surface area contributed by atoms with Crippen molar-refractivity contribution in [2.45, 2.75) is 0 Å². The minimum atomic E-state index is -4.77. The van der Waals surface area contributed by atoms with Crippen LogP contribution in [0.2, 0.25) is 0 Å². The van der Waals surface area contributed by atoms with E-state index in [1.807, 2.05) is 0 Å².